The minimum absolute atomic E-state index is 0.164. The maximum atomic E-state index is 14.3. The van der Waals surface area contributed by atoms with E-state index in [9.17, 15) is 9.59 Å². The van der Waals surface area contributed by atoms with Crippen LogP contribution in [-0.4, -0.2) is 25.2 Å². The van der Waals surface area contributed by atoms with Crippen molar-refractivity contribution in [3.8, 4) is 56.4 Å². The summed E-state index contributed by atoms with van der Waals surface area (Å²) >= 11 is 0. The predicted molar refractivity (Wildman–Crippen MR) is 390 cm³/mol. The number of hydrogen-bond donors (Lipinski definition) is 0. The van der Waals surface area contributed by atoms with Crippen molar-refractivity contribution in [3.63, 3.8) is 0 Å². The Morgan fingerprint density at radius 3 is 0.915 bits per heavy atom. The fourth-order valence-corrected chi connectivity index (χ4v) is 17.2. The number of rotatable bonds is 27. The van der Waals surface area contributed by atoms with E-state index in [1.807, 2.05) is 12.1 Å². The molecule has 0 spiro atoms. The van der Waals surface area contributed by atoms with Gasteiger partial charge in [0, 0.05) is 24.0 Å². The van der Waals surface area contributed by atoms with Crippen LogP contribution in [-0.2, 0) is 9.59 Å². The predicted octanol–water partition coefficient (Wildman–Crippen LogP) is 24.8. The number of benzene rings is 8. The summed E-state index contributed by atoms with van der Waals surface area (Å²) < 4.78 is 25.7. The fraction of sp³-hybridized carbons (Fsp3) is 0.477. The Labute approximate surface area is 563 Å². The number of ether oxygens (including phenoxy) is 4. The molecular weight excluding hydrogens is 1150 g/mol. The Hall–Kier alpha value is -7.18. The van der Waals surface area contributed by atoms with E-state index in [1.54, 1.807) is 0 Å². The molecule has 0 saturated heterocycles. The Bertz CT molecular complexity index is 3450. The fourth-order valence-electron chi connectivity index (χ4n) is 17.2. The second-order valence-electron chi connectivity index (χ2n) is 29.0. The van der Waals surface area contributed by atoms with Crippen molar-refractivity contribution in [2.45, 2.75) is 231 Å². The standard InChI is InChI=1S/C88H106O6/c1-5-11-61-17-25-65(26-18-61)69-33-37-73(38-34-69)75-45-53-81-77(59-75)47-55-83(93-85(89)15-9-57-91-79-49-41-71(42-50-79)67-29-21-63(13-7-3)22-30-67)87(81)88-82-54-46-76(74-39-35-70(36-40-74)66-27-19-62(12-6-2)20-28-66)60-78(82)48-56-84(88)94-86(90)16-10-58-92-80-51-43-72(44-52-80)68-31-23-64(14-8-4)24-32-68/h33-56,59-68H,5-32,57-58H2,1-4H3. The molecular formula is C88H106O6. The van der Waals surface area contributed by atoms with Gasteiger partial charge in [0.25, 0.3) is 0 Å². The smallest absolute Gasteiger partial charge is 0.311 e. The third-order valence-electron chi connectivity index (χ3n) is 22.6. The van der Waals surface area contributed by atoms with Gasteiger partial charge >= 0.3 is 11.9 Å². The lowest BCUT2D eigenvalue weighted by molar-refractivity contribution is -0.135. The molecule has 0 unspecified atom stereocenters. The first-order valence-corrected chi connectivity index (χ1v) is 37.4. The van der Waals surface area contributed by atoms with Crippen molar-refractivity contribution in [2.24, 2.45) is 23.7 Å². The Kier molecular flexibility index (Phi) is 23.4. The molecule has 0 aliphatic heterocycles. The highest BCUT2D eigenvalue weighted by Gasteiger charge is 2.28. The number of esters is 2. The lowest BCUT2D eigenvalue weighted by Crippen LogP contribution is -2.13. The molecule has 6 heteroatoms. The van der Waals surface area contributed by atoms with Gasteiger partial charge in [0.15, 0.2) is 0 Å². The van der Waals surface area contributed by atoms with Gasteiger partial charge in [-0.05, 0) is 278 Å². The van der Waals surface area contributed by atoms with Gasteiger partial charge in [-0.1, -0.05) is 188 Å². The summed E-state index contributed by atoms with van der Waals surface area (Å²) in [5.74, 6) is 7.73. The van der Waals surface area contributed by atoms with Gasteiger partial charge in [-0.3, -0.25) is 9.59 Å². The van der Waals surface area contributed by atoms with E-state index in [0.717, 1.165) is 79.0 Å². The molecule has 0 bridgehead atoms. The average Bonchev–Trinajstić information content (AvgIpc) is 0.760. The van der Waals surface area contributed by atoms with Gasteiger partial charge in [-0.15, -0.1) is 0 Å². The third-order valence-corrected chi connectivity index (χ3v) is 22.6. The van der Waals surface area contributed by atoms with Gasteiger partial charge in [-0.2, -0.15) is 0 Å². The first kappa shape index (κ1) is 66.8. The second kappa shape index (κ2) is 33.0. The summed E-state index contributed by atoms with van der Waals surface area (Å²) in [6.07, 6.45) is 32.5. The minimum atomic E-state index is -0.350. The summed E-state index contributed by atoms with van der Waals surface area (Å²) in [5, 5.41) is 3.77. The normalized spacial score (nSPS) is 21.6. The topological polar surface area (TPSA) is 71.1 Å². The van der Waals surface area contributed by atoms with Crippen LogP contribution < -0.4 is 18.9 Å². The highest BCUT2D eigenvalue weighted by atomic mass is 16.5. The molecule has 0 N–H and O–H groups in total. The second-order valence-corrected chi connectivity index (χ2v) is 29.0. The molecule has 0 amide bonds. The molecule has 494 valence electrons. The van der Waals surface area contributed by atoms with Crippen LogP contribution in [0.15, 0.2) is 158 Å². The average molecular weight is 1260 g/mol. The van der Waals surface area contributed by atoms with E-state index in [2.05, 4.69) is 173 Å². The molecule has 6 nitrogen and oxygen atoms in total. The molecule has 4 saturated carbocycles. The number of carbonyl (C=O) groups is 2. The Morgan fingerprint density at radius 2 is 0.617 bits per heavy atom. The number of hydrogen-bond acceptors (Lipinski definition) is 6. The Balaban J connectivity index is 0.816. The van der Waals surface area contributed by atoms with Crippen LogP contribution in [0.3, 0.4) is 0 Å². The zero-order chi connectivity index (χ0) is 64.6. The van der Waals surface area contributed by atoms with E-state index in [1.165, 1.54) is 176 Å². The summed E-state index contributed by atoms with van der Waals surface area (Å²) in [6.45, 7) is 10.00. The lowest BCUT2D eigenvalue weighted by Gasteiger charge is -2.28. The summed E-state index contributed by atoms with van der Waals surface area (Å²) in [5.41, 5.74) is 11.6. The van der Waals surface area contributed by atoms with E-state index in [-0.39, 0.29) is 24.8 Å². The monoisotopic (exact) mass is 1260 g/mol. The van der Waals surface area contributed by atoms with Gasteiger partial charge in [0.1, 0.15) is 23.0 Å². The summed E-state index contributed by atoms with van der Waals surface area (Å²) in [6, 6.07) is 57.0. The van der Waals surface area contributed by atoms with Gasteiger partial charge in [0.2, 0.25) is 0 Å². The van der Waals surface area contributed by atoms with Crippen LogP contribution in [0.25, 0.3) is 54.9 Å². The molecule has 0 atom stereocenters. The molecule has 4 aliphatic carbocycles. The molecule has 4 aliphatic rings. The molecule has 8 aromatic carbocycles. The van der Waals surface area contributed by atoms with Crippen molar-refractivity contribution >= 4 is 33.5 Å². The van der Waals surface area contributed by atoms with Crippen LogP contribution in [0.2, 0.25) is 0 Å². The van der Waals surface area contributed by atoms with Crippen LogP contribution in [0.5, 0.6) is 23.0 Å². The summed E-state index contributed by atoms with van der Waals surface area (Å²) in [7, 11) is 0. The van der Waals surface area contributed by atoms with Crippen LogP contribution in [0.4, 0.5) is 0 Å². The molecule has 0 aromatic heterocycles. The van der Waals surface area contributed by atoms with E-state index in [4.69, 9.17) is 18.9 Å². The van der Waals surface area contributed by atoms with Crippen LogP contribution >= 0.6 is 0 Å². The minimum Gasteiger partial charge on any atom is -0.494 e. The van der Waals surface area contributed by atoms with Crippen molar-refractivity contribution in [1.82, 2.24) is 0 Å². The molecule has 8 aromatic rings. The number of carbonyl (C=O) groups excluding carboxylic acids is 2. The Morgan fingerprint density at radius 1 is 0.330 bits per heavy atom. The highest BCUT2D eigenvalue weighted by molar-refractivity contribution is 6.11. The van der Waals surface area contributed by atoms with Crippen LogP contribution in [0, 0.1) is 23.7 Å². The maximum absolute atomic E-state index is 14.3. The van der Waals surface area contributed by atoms with Gasteiger partial charge in [0.05, 0.1) is 13.2 Å². The SMILES string of the molecule is CCCC1CCC(c2ccc(OCCCC(=O)Oc3ccc4cc(-c5ccc(C6CCC(CCC)CC6)cc5)ccc4c3-c3c(OC(=O)CCCOc4ccc(C5CCC(CCC)CC5)cc4)ccc4cc(-c5ccc(C6CCC(CCC)CC6)cc5)ccc34)cc2)CC1. The van der Waals surface area contributed by atoms with Gasteiger partial charge < -0.3 is 18.9 Å². The molecule has 0 radical (unpaired) electrons. The quantitative estimate of drug-likeness (QED) is 0.0290. The number of fused-ring (bicyclic) bond motifs is 2. The maximum Gasteiger partial charge on any atom is 0.311 e. The first-order valence-electron chi connectivity index (χ1n) is 37.4. The van der Waals surface area contributed by atoms with E-state index in [0.29, 0.717) is 72.4 Å². The van der Waals surface area contributed by atoms with Gasteiger partial charge in [-0.25, -0.2) is 0 Å². The summed E-state index contributed by atoms with van der Waals surface area (Å²) in [4.78, 5) is 28.7. The highest BCUT2D eigenvalue weighted by Crippen LogP contribution is 2.49. The molecule has 0 heterocycles. The van der Waals surface area contributed by atoms with Crippen molar-refractivity contribution in [3.05, 3.63) is 180 Å². The molecule has 4 fully saturated rings. The van der Waals surface area contributed by atoms with Crippen molar-refractivity contribution in [1.29, 1.82) is 0 Å². The molecule has 94 heavy (non-hydrogen) atoms. The van der Waals surface area contributed by atoms with Crippen molar-refractivity contribution in [2.75, 3.05) is 13.2 Å². The van der Waals surface area contributed by atoms with E-state index < -0.39 is 0 Å². The largest absolute Gasteiger partial charge is 0.494 e. The van der Waals surface area contributed by atoms with Crippen molar-refractivity contribution < 1.29 is 28.5 Å². The third kappa shape index (κ3) is 17.1. The lowest BCUT2D eigenvalue weighted by atomic mass is 9.77. The zero-order valence-electron chi connectivity index (χ0n) is 57.3. The zero-order valence-corrected chi connectivity index (χ0v) is 57.3. The molecule has 12 rings (SSSR count). The first-order chi connectivity index (χ1) is 46.2. The van der Waals surface area contributed by atoms with Crippen LogP contribution in [0.1, 0.15) is 253 Å². The van der Waals surface area contributed by atoms with E-state index >= 15 is 0 Å².